The Morgan fingerprint density at radius 1 is 1.20 bits per heavy atom. The molecule has 0 N–H and O–H groups in total. The standard InChI is InChI=1S/C18H22FNO3S2/c19-16-4-1-3-15(13-16)14-25(21,22)20(17-7-10-23-11-8-17)9-6-18-5-2-12-24-18/h1-5,12-13,17H,6-11,14H2. The van der Waals surface area contributed by atoms with Crippen LogP contribution in [0.15, 0.2) is 41.8 Å². The van der Waals surface area contributed by atoms with Gasteiger partial charge in [0.1, 0.15) is 5.82 Å². The molecule has 0 unspecified atom stereocenters. The largest absolute Gasteiger partial charge is 0.381 e. The SMILES string of the molecule is O=S(=O)(Cc1cccc(F)c1)N(CCc1cccs1)C1CCOCC1. The predicted octanol–water partition coefficient (Wildman–Crippen LogP) is 3.44. The lowest BCUT2D eigenvalue weighted by atomic mass is 10.1. The van der Waals surface area contributed by atoms with Crippen molar-refractivity contribution in [3.63, 3.8) is 0 Å². The van der Waals surface area contributed by atoms with Crippen LogP contribution in [0.1, 0.15) is 23.3 Å². The molecule has 0 saturated carbocycles. The molecular formula is C18H22FNO3S2. The van der Waals surface area contributed by atoms with Crippen molar-refractivity contribution in [1.29, 1.82) is 0 Å². The van der Waals surface area contributed by atoms with Gasteiger partial charge in [-0.15, -0.1) is 11.3 Å². The summed E-state index contributed by atoms with van der Waals surface area (Å²) in [4.78, 5) is 1.16. The average molecular weight is 384 g/mol. The summed E-state index contributed by atoms with van der Waals surface area (Å²) >= 11 is 1.63. The summed E-state index contributed by atoms with van der Waals surface area (Å²) in [5, 5.41) is 2.00. The third kappa shape index (κ3) is 5.10. The van der Waals surface area contributed by atoms with E-state index in [-0.39, 0.29) is 11.8 Å². The van der Waals surface area contributed by atoms with E-state index in [1.165, 1.54) is 12.1 Å². The van der Waals surface area contributed by atoms with E-state index in [0.717, 1.165) is 4.88 Å². The Bertz CT molecular complexity index is 771. The Morgan fingerprint density at radius 3 is 2.68 bits per heavy atom. The number of hydrogen-bond acceptors (Lipinski definition) is 4. The topological polar surface area (TPSA) is 46.6 Å². The smallest absolute Gasteiger partial charge is 0.218 e. The summed E-state index contributed by atoms with van der Waals surface area (Å²) in [6.07, 6.45) is 2.09. The number of halogens is 1. The normalized spacial score (nSPS) is 16.4. The number of nitrogens with zero attached hydrogens (tertiary/aromatic N) is 1. The molecule has 25 heavy (non-hydrogen) atoms. The maximum absolute atomic E-state index is 13.4. The summed E-state index contributed by atoms with van der Waals surface area (Å²) in [5.74, 6) is -0.587. The molecule has 4 nitrogen and oxygen atoms in total. The molecular weight excluding hydrogens is 361 g/mol. The van der Waals surface area contributed by atoms with Crippen LogP contribution in [-0.2, 0) is 26.9 Å². The highest BCUT2D eigenvalue weighted by molar-refractivity contribution is 7.88. The first-order valence-electron chi connectivity index (χ1n) is 8.39. The molecule has 0 aliphatic carbocycles. The van der Waals surface area contributed by atoms with E-state index in [1.807, 2.05) is 17.5 Å². The van der Waals surface area contributed by atoms with Gasteiger partial charge in [0.15, 0.2) is 0 Å². The van der Waals surface area contributed by atoms with Crippen LogP contribution in [-0.4, -0.2) is 38.5 Å². The van der Waals surface area contributed by atoms with Crippen molar-refractivity contribution in [3.8, 4) is 0 Å². The molecule has 0 radical (unpaired) electrons. The summed E-state index contributed by atoms with van der Waals surface area (Å²) < 4.78 is 46.5. The van der Waals surface area contributed by atoms with Crippen LogP contribution in [0.3, 0.4) is 0 Å². The molecule has 1 saturated heterocycles. The Balaban J connectivity index is 1.78. The zero-order chi connectivity index (χ0) is 17.7. The first-order valence-corrected chi connectivity index (χ1v) is 10.9. The maximum Gasteiger partial charge on any atom is 0.218 e. The highest BCUT2D eigenvalue weighted by Gasteiger charge is 2.31. The molecule has 0 bridgehead atoms. The molecule has 1 aliphatic rings. The minimum Gasteiger partial charge on any atom is -0.381 e. The van der Waals surface area contributed by atoms with E-state index in [1.54, 1.807) is 27.8 Å². The van der Waals surface area contributed by atoms with E-state index in [9.17, 15) is 12.8 Å². The highest BCUT2D eigenvalue weighted by Crippen LogP contribution is 2.22. The minimum absolute atomic E-state index is 0.0488. The van der Waals surface area contributed by atoms with E-state index in [2.05, 4.69) is 0 Å². The average Bonchev–Trinajstić information content (AvgIpc) is 3.09. The van der Waals surface area contributed by atoms with Crippen LogP contribution in [0.25, 0.3) is 0 Å². The molecule has 1 aromatic carbocycles. The minimum atomic E-state index is -3.53. The molecule has 1 fully saturated rings. The Labute approximate surface area is 152 Å². The van der Waals surface area contributed by atoms with Crippen LogP contribution in [0.5, 0.6) is 0 Å². The van der Waals surface area contributed by atoms with Gasteiger partial charge in [-0.25, -0.2) is 12.8 Å². The molecule has 0 amide bonds. The second kappa shape index (κ2) is 8.40. The highest BCUT2D eigenvalue weighted by atomic mass is 32.2. The van der Waals surface area contributed by atoms with Gasteiger partial charge in [-0.3, -0.25) is 0 Å². The van der Waals surface area contributed by atoms with Gasteiger partial charge >= 0.3 is 0 Å². The number of sulfonamides is 1. The fraction of sp³-hybridized carbons (Fsp3) is 0.444. The molecule has 0 spiro atoms. The number of rotatable bonds is 7. The maximum atomic E-state index is 13.4. The van der Waals surface area contributed by atoms with Gasteiger partial charge < -0.3 is 4.74 Å². The van der Waals surface area contributed by atoms with E-state index < -0.39 is 15.8 Å². The summed E-state index contributed by atoms with van der Waals surface area (Å²) in [6.45, 7) is 1.61. The van der Waals surface area contributed by atoms with Gasteiger partial charge in [0.25, 0.3) is 0 Å². The molecule has 0 atom stereocenters. The van der Waals surface area contributed by atoms with E-state index in [4.69, 9.17) is 4.74 Å². The first kappa shape index (κ1) is 18.5. The van der Waals surface area contributed by atoms with Crippen molar-refractivity contribution in [3.05, 3.63) is 58.0 Å². The lowest BCUT2D eigenvalue weighted by molar-refractivity contribution is 0.0586. The molecule has 1 aliphatic heterocycles. The number of hydrogen-bond donors (Lipinski definition) is 0. The third-order valence-corrected chi connectivity index (χ3v) is 7.18. The van der Waals surface area contributed by atoms with Crippen LogP contribution in [0.4, 0.5) is 4.39 Å². The Kier molecular flexibility index (Phi) is 6.22. The molecule has 136 valence electrons. The van der Waals surface area contributed by atoms with Gasteiger partial charge in [0.2, 0.25) is 10.0 Å². The van der Waals surface area contributed by atoms with Gasteiger partial charge in [0, 0.05) is 30.7 Å². The van der Waals surface area contributed by atoms with Gasteiger partial charge in [-0.1, -0.05) is 18.2 Å². The van der Waals surface area contributed by atoms with Gasteiger partial charge in [-0.05, 0) is 48.4 Å². The lowest BCUT2D eigenvalue weighted by Gasteiger charge is -2.33. The summed E-state index contributed by atoms with van der Waals surface area (Å²) in [7, 11) is -3.53. The van der Waals surface area contributed by atoms with Crippen LogP contribution >= 0.6 is 11.3 Å². The number of benzene rings is 1. The lowest BCUT2D eigenvalue weighted by Crippen LogP contribution is -2.44. The zero-order valence-electron chi connectivity index (χ0n) is 13.9. The van der Waals surface area contributed by atoms with Gasteiger partial charge in [0.05, 0.1) is 5.75 Å². The van der Waals surface area contributed by atoms with Crippen molar-refractivity contribution >= 4 is 21.4 Å². The van der Waals surface area contributed by atoms with Crippen molar-refractivity contribution in [1.82, 2.24) is 4.31 Å². The van der Waals surface area contributed by atoms with Crippen molar-refractivity contribution in [2.45, 2.75) is 31.1 Å². The Morgan fingerprint density at radius 2 is 2.00 bits per heavy atom. The van der Waals surface area contributed by atoms with Crippen LogP contribution in [0.2, 0.25) is 0 Å². The first-order chi connectivity index (χ1) is 12.0. The monoisotopic (exact) mass is 383 g/mol. The van der Waals surface area contributed by atoms with Crippen LogP contribution in [0, 0.1) is 5.82 Å². The fourth-order valence-electron chi connectivity index (χ4n) is 3.12. The summed E-state index contributed by atoms with van der Waals surface area (Å²) in [6, 6.07) is 9.76. The quantitative estimate of drug-likeness (QED) is 0.736. The summed E-state index contributed by atoms with van der Waals surface area (Å²) in [5.41, 5.74) is 0.480. The zero-order valence-corrected chi connectivity index (χ0v) is 15.6. The molecule has 2 aromatic rings. The number of thiophene rings is 1. The van der Waals surface area contributed by atoms with Gasteiger partial charge in [-0.2, -0.15) is 4.31 Å². The Hall–Kier alpha value is -1.28. The second-order valence-electron chi connectivity index (χ2n) is 6.17. The molecule has 7 heteroatoms. The number of ether oxygens (including phenoxy) is 1. The fourth-order valence-corrected chi connectivity index (χ4v) is 5.62. The molecule has 1 aromatic heterocycles. The molecule has 2 heterocycles. The van der Waals surface area contributed by atoms with E-state index in [0.29, 0.717) is 44.6 Å². The molecule has 3 rings (SSSR count). The van der Waals surface area contributed by atoms with Crippen molar-refractivity contribution < 1.29 is 17.5 Å². The van der Waals surface area contributed by atoms with Crippen molar-refractivity contribution in [2.75, 3.05) is 19.8 Å². The second-order valence-corrected chi connectivity index (χ2v) is 9.12. The third-order valence-electron chi connectivity index (χ3n) is 4.35. The van der Waals surface area contributed by atoms with E-state index >= 15 is 0 Å². The predicted molar refractivity (Wildman–Crippen MR) is 97.6 cm³/mol. The van der Waals surface area contributed by atoms with Crippen LogP contribution < -0.4 is 0 Å². The van der Waals surface area contributed by atoms with Crippen molar-refractivity contribution in [2.24, 2.45) is 0 Å².